The monoisotopic (exact) mass is 286 g/mol. The summed E-state index contributed by atoms with van der Waals surface area (Å²) in [6.07, 6.45) is 7.14. The molecule has 0 aromatic heterocycles. The summed E-state index contributed by atoms with van der Waals surface area (Å²) in [4.78, 5) is 12.7. The van der Waals surface area contributed by atoms with Crippen molar-refractivity contribution in [2.75, 3.05) is 0 Å². The maximum absolute atomic E-state index is 12.7. The molecule has 0 heterocycles. The minimum atomic E-state index is -1.04. The summed E-state index contributed by atoms with van der Waals surface area (Å²) in [6, 6.07) is 8.50. The second kappa shape index (κ2) is 5.92. The Morgan fingerprint density at radius 3 is 2.71 bits per heavy atom. The molecule has 21 heavy (non-hydrogen) atoms. The highest BCUT2D eigenvalue weighted by atomic mass is 16.3. The SMILES string of the molecule is CC1CCC(O)(C(=O)CC2CCCc3ccccc32)CC1. The Hall–Kier alpha value is -1.15. The zero-order chi connectivity index (χ0) is 14.9. The molecule has 1 N–H and O–H groups in total. The lowest BCUT2D eigenvalue weighted by Crippen LogP contribution is -2.42. The average Bonchev–Trinajstić information content (AvgIpc) is 2.51. The lowest BCUT2D eigenvalue weighted by Gasteiger charge is -2.35. The maximum atomic E-state index is 12.7. The standard InChI is InChI=1S/C19H26O2/c1-14-9-11-19(21,12-10-14)18(20)13-16-7-4-6-15-5-2-3-8-17(15)16/h2-3,5,8,14,16,21H,4,6-7,9-13H2,1H3. The Balaban J connectivity index is 1.71. The number of carbonyl (C=O) groups is 1. The van der Waals surface area contributed by atoms with Gasteiger partial charge < -0.3 is 5.11 Å². The molecular formula is C19H26O2. The molecule has 0 aliphatic heterocycles. The minimum absolute atomic E-state index is 0.0797. The van der Waals surface area contributed by atoms with E-state index in [4.69, 9.17) is 0 Å². The molecular weight excluding hydrogens is 260 g/mol. The van der Waals surface area contributed by atoms with E-state index in [2.05, 4.69) is 31.2 Å². The smallest absolute Gasteiger partial charge is 0.164 e. The van der Waals surface area contributed by atoms with Crippen molar-refractivity contribution in [1.82, 2.24) is 0 Å². The first kappa shape index (κ1) is 14.8. The van der Waals surface area contributed by atoms with Gasteiger partial charge in [0.1, 0.15) is 5.60 Å². The first-order chi connectivity index (χ1) is 10.1. The van der Waals surface area contributed by atoms with Gasteiger partial charge in [0.15, 0.2) is 5.78 Å². The average molecular weight is 286 g/mol. The molecule has 0 amide bonds. The normalized spacial score (nSPS) is 32.5. The first-order valence-electron chi connectivity index (χ1n) is 8.42. The summed E-state index contributed by atoms with van der Waals surface area (Å²) in [6.45, 7) is 2.21. The number of hydrogen-bond acceptors (Lipinski definition) is 2. The van der Waals surface area contributed by atoms with Gasteiger partial charge in [-0.05, 0) is 67.9 Å². The largest absolute Gasteiger partial charge is 0.382 e. The molecule has 114 valence electrons. The summed E-state index contributed by atoms with van der Waals surface area (Å²) >= 11 is 0. The number of hydrogen-bond donors (Lipinski definition) is 1. The number of ketones is 1. The Bertz CT molecular complexity index is 512. The van der Waals surface area contributed by atoms with E-state index in [1.54, 1.807) is 0 Å². The fraction of sp³-hybridized carbons (Fsp3) is 0.632. The van der Waals surface area contributed by atoms with E-state index >= 15 is 0 Å². The van der Waals surface area contributed by atoms with Gasteiger partial charge in [0.05, 0.1) is 0 Å². The van der Waals surface area contributed by atoms with E-state index in [-0.39, 0.29) is 5.78 Å². The third kappa shape index (κ3) is 3.06. The van der Waals surface area contributed by atoms with E-state index in [0.29, 0.717) is 31.1 Å². The number of carbonyl (C=O) groups excluding carboxylic acids is 1. The third-order valence-corrected chi connectivity index (χ3v) is 5.55. The number of aryl methyl sites for hydroxylation is 1. The Labute approximate surface area is 127 Å². The van der Waals surface area contributed by atoms with Crippen molar-refractivity contribution in [3.63, 3.8) is 0 Å². The van der Waals surface area contributed by atoms with Gasteiger partial charge in [0.2, 0.25) is 0 Å². The molecule has 3 rings (SSSR count). The predicted molar refractivity (Wildman–Crippen MR) is 84.3 cm³/mol. The van der Waals surface area contributed by atoms with E-state index in [1.807, 2.05) is 0 Å². The predicted octanol–water partition coefficient (Wildman–Crippen LogP) is 4.01. The van der Waals surface area contributed by atoms with Gasteiger partial charge in [0, 0.05) is 6.42 Å². The van der Waals surface area contributed by atoms with Gasteiger partial charge >= 0.3 is 0 Å². The molecule has 1 fully saturated rings. The molecule has 2 heteroatoms. The Morgan fingerprint density at radius 2 is 1.95 bits per heavy atom. The lowest BCUT2D eigenvalue weighted by molar-refractivity contribution is -0.142. The molecule has 1 aromatic rings. The number of rotatable bonds is 3. The zero-order valence-electron chi connectivity index (χ0n) is 13.0. The molecule has 2 aliphatic carbocycles. The van der Waals surface area contributed by atoms with Crippen LogP contribution in [0.3, 0.4) is 0 Å². The number of Topliss-reactive ketones (excluding diaryl/α,β-unsaturated/α-hetero) is 1. The minimum Gasteiger partial charge on any atom is -0.382 e. The molecule has 1 aromatic carbocycles. The van der Waals surface area contributed by atoms with Crippen LogP contribution >= 0.6 is 0 Å². The highest BCUT2D eigenvalue weighted by molar-refractivity contribution is 5.87. The molecule has 0 spiro atoms. The zero-order valence-corrected chi connectivity index (χ0v) is 13.0. The Morgan fingerprint density at radius 1 is 1.24 bits per heavy atom. The molecule has 2 aliphatic rings. The topological polar surface area (TPSA) is 37.3 Å². The fourth-order valence-corrected chi connectivity index (χ4v) is 4.00. The summed E-state index contributed by atoms with van der Waals surface area (Å²) in [7, 11) is 0. The van der Waals surface area contributed by atoms with Gasteiger partial charge in [-0.25, -0.2) is 0 Å². The van der Waals surface area contributed by atoms with Gasteiger partial charge in [0.25, 0.3) is 0 Å². The van der Waals surface area contributed by atoms with E-state index < -0.39 is 5.60 Å². The van der Waals surface area contributed by atoms with Crippen molar-refractivity contribution in [3.05, 3.63) is 35.4 Å². The van der Waals surface area contributed by atoms with Crippen molar-refractivity contribution in [3.8, 4) is 0 Å². The second-order valence-corrected chi connectivity index (χ2v) is 7.13. The summed E-state index contributed by atoms with van der Waals surface area (Å²) in [5, 5.41) is 10.7. The summed E-state index contributed by atoms with van der Waals surface area (Å²) in [5.74, 6) is 1.04. The van der Waals surface area contributed by atoms with Crippen LogP contribution in [0.1, 0.15) is 68.9 Å². The van der Waals surface area contributed by atoms with Gasteiger partial charge in [-0.2, -0.15) is 0 Å². The Kier molecular flexibility index (Phi) is 4.17. The van der Waals surface area contributed by atoms with Crippen molar-refractivity contribution < 1.29 is 9.90 Å². The molecule has 1 atom stereocenters. The van der Waals surface area contributed by atoms with E-state index in [0.717, 1.165) is 32.1 Å². The highest BCUT2D eigenvalue weighted by Crippen LogP contribution is 2.38. The molecule has 1 saturated carbocycles. The number of aliphatic hydroxyl groups is 1. The summed E-state index contributed by atoms with van der Waals surface area (Å²) < 4.78 is 0. The van der Waals surface area contributed by atoms with Crippen LogP contribution in [-0.2, 0) is 11.2 Å². The van der Waals surface area contributed by atoms with Crippen LogP contribution in [0.2, 0.25) is 0 Å². The molecule has 0 saturated heterocycles. The first-order valence-corrected chi connectivity index (χ1v) is 8.42. The molecule has 0 bridgehead atoms. The van der Waals surface area contributed by atoms with E-state index in [1.165, 1.54) is 11.1 Å². The van der Waals surface area contributed by atoms with Crippen molar-refractivity contribution in [1.29, 1.82) is 0 Å². The van der Waals surface area contributed by atoms with Crippen LogP contribution < -0.4 is 0 Å². The third-order valence-electron chi connectivity index (χ3n) is 5.55. The maximum Gasteiger partial charge on any atom is 0.164 e. The van der Waals surface area contributed by atoms with Crippen LogP contribution in [0.15, 0.2) is 24.3 Å². The lowest BCUT2D eigenvalue weighted by atomic mass is 9.73. The summed E-state index contributed by atoms with van der Waals surface area (Å²) in [5.41, 5.74) is 1.69. The van der Waals surface area contributed by atoms with Crippen LogP contribution in [0.5, 0.6) is 0 Å². The molecule has 0 radical (unpaired) electrons. The molecule has 1 unspecified atom stereocenters. The fourth-order valence-electron chi connectivity index (χ4n) is 4.00. The van der Waals surface area contributed by atoms with Crippen molar-refractivity contribution in [2.45, 2.75) is 69.8 Å². The quantitative estimate of drug-likeness (QED) is 0.911. The van der Waals surface area contributed by atoms with Gasteiger partial charge in [-0.3, -0.25) is 4.79 Å². The highest BCUT2D eigenvalue weighted by Gasteiger charge is 2.39. The number of benzene rings is 1. The van der Waals surface area contributed by atoms with Crippen molar-refractivity contribution >= 4 is 5.78 Å². The van der Waals surface area contributed by atoms with E-state index in [9.17, 15) is 9.90 Å². The van der Waals surface area contributed by atoms with Gasteiger partial charge in [-0.15, -0.1) is 0 Å². The van der Waals surface area contributed by atoms with Crippen LogP contribution in [0.25, 0.3) is 0 Å². The molecule has 2 nitrogen and oxygen atoms in total. The van der Waals surface area contributed by atoms with Gasteiger partial charge in [-0.1, -0.05) is 31.2 Å². The van der Waals surface area contributed by atoms with Crippen LogP contribution in [0, 0.1) is 5.92 Å². The van der Waals surface area contributed by atoms with Crippen LogP contribution in [-0.4, -0.2) is 16.5 Å². The second-order valence-electron chi connectivity index (χ2n) is 7.13. The van der Waals surface area contributed by atoms with Crippen LogP contribution in [0.4, 0.5) is 0 Å². The van der Waals surface area contributed by atoms with Crippen molar-refractivity contribution in [2.24, 2.45) is 5.92 Å². The number of fused-ring (bicyclic) bond motifs is 1.